The van der Waals surface area contributed by atoms with Crippen molar-refractivity contribution in [2.45, 2.75) is 25.8 Å². The molecule has 2 N–H and O–H groups in total. The molecular weight excluding hydrogens is 330 g/mol. The number of benzene rings is 2. The number of carboxylic acids is 1. The quantitative estimate of drug-likeness (QED) is 0.800. The van der Waals surface area contributed by atoms with E-state index in [1.54, 1.807) is 13.8 Å². The van der Waals surface area contributed by atoms with Crippen molar-refractivity contribution in [3.8, 4) is 11.1 Å². The number of alkyl carbamates (subject to hydrolysis) is 1. The first kappa shape index (κ1) is 17.7. The van der Waals surface area contributed by atoms with E-state index in [1.165, 1.54) is 6.08 Å². The molecule has 0 heterocycles. The van der Waals surface area contributed by atoms with Crippen LogP contribution in [0.3, 0.4) is 0 Å². The van der Waals surface area contributed by atoms with Crippen molar-refractivity contribution in [3.63, 3.8) is 0 Å². The highest BCUT2D eigenvalue weighted by Crippen LogP contribution is 2.44. The van der Waals surface area contributed by atoms with Gasteiger partial charge in [-0.1, -0.05) is 60.2 Å². The van der Waals surface area contributed by atoms with Crippen LogP contribution in [0.2, 0.25) is 0 Å². The fourth-order valence-electron chi connectivity index (χ4n) is 3.28. The van der Waals surface area contributed by atoms with Crippen LogP contribution in [-0.2, 0) is 9.53 Å². The summed E-state index contributed by atoms with van der Waals surface area (Å²) in [4.78, 5) is 23.3. The molecule has 1 aliphatic rings. The molecule has 1 amide bonds. The highest BCUT2D eigenvalue weighted by atomic mass is 16.5. The molecule has 0 saturated heterocycles. The van der Waals surface area contributed by atoms with Gasteiger partial charge >= 0.3 is 12.1 Å². The molecule has 0 aromatic heterocycles. The van der Waals surface area contributed by atoms with E-state index in [1.807, 2.05) is 36.4 Å². The predicted molar refractivity (Wildman–Crippen MR) is 99.1 cm³/mol. The minimum absolute atomic E-state index is 0.0557. The summed E-state index contributed by atoms with van der Waals surface area (Å²) in [7, 11) is 0. The van der Waals surface area contributed by atoms with E-state index in [0.717, 1.165) is 27.8 Å². The number of aliphatic carboxylic acids is 1. The molecule has 5 nitrogen and oxygen atoms in total. The number of amides is 1. The van der Waals surface area contributed by atoms with Crippen LogP contribution < -0.4 is 5.32 Å². The Hall–Kier alpha value is -3.08. The average molecular weight is 351 g/mol. The Morgan fingerprint density at radius 2 is 1.62 bits per heavy atom. The van der Waals surface area contributed by atoms with Gasteiger partial charge in [0.05, 0.1) is 0 Å². The van der Waals surface area contributed by atoms with Crippen molar-refractivity contribution in [3.05, 3.63) is 71.3 Å². The number of fused-ring (bicyclic) bond motifs is 3. The summed E-state index contributed by atoms with van der Waals surface area (Å²) in [5.74, 6) is -1.18. The Balaban J connectivity index is 1.73. The van der Waals surface area contributed by atoms with E-state index < -0.39 is 18.1 Å². The molecule has 26 heavy (non-hydrogen) atoms. The van der Waals surface area contributed by atoms with E-state index in [4.69, 9.17) is 4.74 Å². The number of hydrogen-bond acceptors (Lipinski definition) is 3. The topological polar surface area (TPSA) is 75.6 Å². The maximum Gasteiger partial charge on any atom is 0.408 e. The van der Waals surface area contributed by atoms with Gasteiger partial charge in [0.2, 0.25) is 0 Å². The minimum Gasteiger partial charge on any atom is -0.479 e. The smallest absolute Gasteiger partial charge is 0.408 e. The number of rotatable bonds is 5. The lowest BCUT2D eigenvalue weighted by Crippen LogP contribution is -2.40. The van der Waals surface area contributed by atoms with Gasteiger partial charge in [-0.3, -0.25) is 0 Å². The second-order valence-electron chi connectivity index (χ2n) is 6.53. The molecular formula is C21H21NO4. The van der Waals surface area contributed by atoms with E-state index in [9.17, 15) is 14.7 Å². The Bertz CT molecular complexity index is 822. The van der Waals surface area contributed by atoms with E-state index >= 15 is 0 Å². The van der Waals surface area contributed by atoms with Crippen molar-refractivity contribution in [2.24, 2.45) is 0 Å². The molecule has 3 rings (SSSR count). The van der Waals surface area contributed by atoms with Gasteiger partial charge in [-0.2, -0.15) is 0 Å². The second kappa shape index (κ2) is 7.44. The normalized spacial score (nSPS) is 13.3. The molecule has 1 atom stereocenters. The number of carboxylic acid groups (broad SMARTS) is 1. The molecule has 0 radical (unpaired) electrons. The molecule has 134 valence electrons. The summed E-state index contributed by atoms with van der Waals surface area (Å²) in [5, 5.41) is 11.6. The zero-order valence-corrected chi connectivity index (χ0v) is 14.7. The first-order valence-electron chi connectivity index (χ1n) is 8.46. The van der Waals surface area contributed by atoms with Gasteiger partial charge in [-0.05, 0) is 36.1 Å². The number of carbonyl (C=O) groups excluding carboxylic acids is 1. The Labute approximate surface area is 152 Å². The van der Waals surface area contributed by atoms with Crippen LogP contribution in [-0.4, -0.2) is 29.8 Å². The average Bonchev–Trinajstić information content (AvgIpc) is 2.93. The number of allylic oxidation sites excluding steroid dienone is 1. The SMILES string of the molecule is CC(C)=CC(NC(=O)OCC1c2ccccc2-c2ccccc21)C(=O)O. The zero-order valence-electron chi connectivity index (χ0n) is 14.7. The predicted octanol–water partition coefficient (Wildman–Crippen LogP) is 3.94. The molecule has 0 bridgehead atoms. The number of ether oxygens (including phenoxy) is 1. The van der Waals surface area contributed by atoms with Crippen LogP contribution in [0.25, 0.3) is 11.1 Å². The summed E-state index contributed by atoms with van der Waals surface area (Å²) >= 11 is 0. The fourth-order valence-corrected chi connectivity index (χ4v) is 3.28. The standard InChI is InChI=1S/C21H21NO4/c1-13(2)11-19(20(23)24)22-21(25)26-12-18-16-9-5-3-7-14(16)15-8-4-6-10-17(15)18/h3-11,18-19H,12H2,1-2H3,(H,22,25)(H,23,24). The highest BCUT2D eigenvalue weighted by molar-refractivity contribution is 5.82. The van der Waals surface area contributed by atoms with Crippen LogP contribution in [0, 0.1) is 0 Å². The fraction of sp³-hybridized carbons (Fsp3) is 0.238. The van der Waals surface area contributed by atoms with Gasteiger partial charge in [0.25, 0.3) is 0 Å². The van der Waals surface area contributed by atoms with E-state index in [-0.39, 0.29) is 12.5 Å². The highest BCUT2D eigenvalue weighted by Gasteiger charge is 2.29. The van der Waals surface area contributed by atoms with Gasteiger partial charge in [0.1, 0.15) is 12.6 Å². The van der Waals surface area contributed by atoms with Crippen LogP contribution in [0.4, 0.5) is 4.79 Å². The lowest BCUT2D eigenvalue weighted by Gasteiger charge is -2.16. The number of hydrogen-bond donors (Lipinski definition) is 2. The summed E-state index contributed by atoms with van der Waals surface area (Å²) < 4.78 is 5.36. The monoisotopic (exact) mass is 351 g/mol. The molecule has 1 aliphatic carbocycles. The molecule has 1 unspecified atom stereocenters. The van der Waals surface area contributed by atoms with Crippen LogP contribution in [0.15, 0.2) is 60.2 Å². The largest absolute Gasteiger partial charge is 0.479 e. The minimum atomic E-state index is -1.13. The van der Waals surface area contributed by atoms with Crippen molar-refractivity contribution < 1.29 is 19.4 Å². The van der Waals surface area contributed by atoms with Gasteiger partial charge in [-0.25, -0.2) is 9.59 Å². The lowest BCUT2D eigenvalue weighted by molar-refractivity contribution is -0.138. The van der Waals surface area contributed by atoms with E-state index in [2.05, 4.69) is 17.4 Å². The Kier molecular flexibility index (Phi) is 5.07. The third-order valence-electron chi connectivity index (χ3n) is 4.38. The van der Waals surface area contributed by atoms with Crippen molar-refractivity contribution in [1.82, 2.24) is 5.32 Å². The molecule has 0 aliphatic heterocycles. The Morgan fingerprint density at radius 3 is 2.12 bits per heavy atom. The van der Waals surface area contributed by atoms with Gasteiger partial charge < -0.3 is 15.2 Å². The first-order valence-corrected chi connectivity index (χ1v) is 8.46. The van der Waals surface area contributed by atoms with Crippen LogP contribution >= 0.6 is 0 Å². The second-order valence-corrected chi connectivity index (χ2v) is 6.53. The van der Waals surface area contributed by atoms with Gasteiger partial charge in [0, 0.05) is 5.92 Å². The van der Waals surface area contributed by atoms with E-state index in [0.29, 0.717) is 0 Å². The summed E-state index contributed by atoms with van der Waals surface area (Å²) in [6.45, 7) is 3.70. The zero-order chi connectivity index (χ0) is 18.7. The van der Waals surface area contributed by atoms with Gasteiger partial charge in [0.15, 0.2) is 0 Å². The van der Waals surface area contributed by atoms with Crippen LogP contribution in [0.5, 0.6) is 0 Å². The summed E-state index contributed by atoms with van der Waals surface area (Å²) in [6.07, 6.45) is 0.737. The first-order chi connectivity index (χ1) is 12.5. The molecule has 2 aromatic rings. The number of nitrogens with one attached hydrogen (secondary N) is 1. The lowest BCUT2D eigenvalue weighted by atomic mass is 9.98. The Morgan fingerprint density at radius 1 is 1.08 bits per heavy atom. The maximum absolute atomic E-state index is 12.1. The molecule has 5 heteroatoms. The third kappa shape index (κ3) is 3.61. The maximum atomic E-state index is 12.1. The molecule has 0 spiro atoms. The third-order valence-corrected chi connectivity index (χ3v) is 4.38. The van der Waals surface area contributed by atoms with Crippen LogP contribution in [0.1, 0.15) is 30.9 Å². The van der Waals surface area contributed by atoms with Gasteiger partial charge in [-0.15, -0.1) is 0 Å². The van der Waals surface area contributed by atoms with Crippen molar-refractivity contribution in [2.75, 3.05) is 6.61 Å². The summed E-state index contributed by atoms with van der Waals surface area (Å²) in [6, 6.07) is 15.0. The molecule has 2 aromatic carbocycles. The molecule has 0 fully saturated rings. The number of carbonyl (C=O) groups is 2. The molecule has 0 saturated carbocycles. The van der Waals surface area contributed by atoms with Crippen molar-refractivity contribution >= 4 is 12.1 Å². The van der Waals surface area contributed by atoms with Crippen molar-refractivity contribution in [1.29, 1.82) is 0 Å². The summed E-state index contributed by atoms with van der Waals surface area (Å²) in [5.41, 5.74) is 5.31.